The molecule has 1 heterocycles. The van der Waals surface area contributed by atoms with E-state index in [1.165, 1.54) is 11.8 Å². The molecular formula is C34H33N5O3S. The number of amides is 2. The number of hydrogen-bond donors (Lipinski definition) is 2. The van der Waals surface area contributed by atoms with Crippen LogP contribution in [0.2, 0.25) is 0 Å². The van der Waals surface area contributed by atoms with Crippen LogP contribution in [-0.4, -0.2) is 38.4 Å². The molecule has 0 fully saturated rings. The maximum Gasteiger partial charge on any atom is 0.255 e. The van der Waals surface area contributed by atoms with E-state index < -0.39 is 5.25 Å². The Morgan fingerprint density at radius 1 is 0.837 bits per heavy atom. The quantitative estimate of drug-likeness (QED) is 0.159. The number of nitrogens with zero attached hydrogens (tertiary/aromatic N) is 3. The number of nitrogens with one attached hydrogen (secondary N) is 2. The predicted octanol–water partition coefficient (Wildman–Crippen LogP) is 7.07. The van der Waals surface area contributed by atoms with Crippen LogP contribution in [0.25, 0.3) is 11.4 Å². The fraction of sp³-hybridized carbons (Fsp3) is 0.176. The van der Waals surface area contributed by atoms with Gasteiger partial charge in [-0.2, -0.15) is 0 Å². The molecule has 1 aromatic heterocycles. The largest absolute Gasteiger partial charge is 0.494 e. The third-order valence-electron chi connectivity index (χ3n) is 6.78. The highest BCUT2D eigenvalue weighted by Crippen LogP contribution is 2.29. The van der Waals surface area contributed by atoms with Crippen molar-refractivity contribution in [3.63, 3.8) is 0 Å². The van der Waals surface area contributed by atoms with Crippen molar-refractivity contribution < 1.29 is 14.3 Å². The van der Waals surface area contributed by atoms with E-state index in [9.17, 15) is 9.59 Å². The van der Waals surface area contributed by atoms with Crippen molar-refractivity contribution in [2.45, 2.75) is 37.7 Å². The highest BCUT2D eigenvalue weighted by atomic mass is 32.2. The maximum atomic E-state index is 13.1. The van der Waals surface area contributed by atoms with Crippen molar-refractivity contribution in [2.24, 2.45) is 0 Å². The average Bonchev–Trinajstić information content (AvgIpc) is 3.40. The first-order valence-electron chi connectivity index (χ1n) is 14.1. The van der Waals surface area contributed by atoms with E-state index in [4.69, 9.17) is 4.74 Å². The zero-order valence-electron chi connectivity index (χ0n) is 24.3. The van der Waals surface area contributed by atoms with Crippen LogP contribution >= 0.6 is 11.8 Å². The molecule has 1 atom stereocenters. The Balaban J connectivity index is 1.34. The zero-order chi connectivity index (χ0) is 30.2. The summed E-state index contributed by atoms with van der Waals surface area (Å²) in [6, 6.07) is 32.4. The van der Waals surface area contributed by atoms with Gasteiger partial charge in [-0.05, 0) is 86.5 Å². The summed E-state index contributed by atoms with van der Waals surface area (Å²) >= 11 is 1.35. The third-order valence-corrected chi connectivity index (χ3v) is 7.86. The van der Waals surface area contributed by atoms with Gasteiger partial charge in [-0.15, -0.1) is 10.2 Å². The van der Waals surface area contributed by atoms with E-state index in [0.717, 1.165) is 22.4 Å². The molecular weight excluding hydrogens is 558 g/mol. The lowest BCUT2D eigenvalue weighted by Crippen LogP contribution is -2.23. The maximum absolute atomic E-state index is 13.1. The summed E-state index contributed by atoms with van der Waals surface area (Å²) < 4.78 is 7.50. The second kappa shape index (κ2) is 13.8. The monoisotopic (exact) mass is 591 g/mol. The highest BCUT2D eigenvalue weighted by molar-refractivity contribution is 8.00. The number of benzene rings is 4. The lowest BCUT2D eigenvalue weighted by Gasteiger charge is -2.14. The lowest BCUT2D eigenvalue weighted by atomic mass is 10.1. The van der Waals surface area contributed by atoms with Crippen LogP contribution in [0.1, 0.15) is 35.3 Å². The van der Waals surface area contributed by atoms with E-state index >= 15 is 0 Å². The topological polar surface area (TPSA) is 98.1 Å². The standard InChI is InChI=1S/C34H33N5O3S/c1-4-42-29-20-18-28(19-21-29)35-32(40)24(3)43-34-38-37-31(39(34)22-25-11-6-5-7-12-25)26-14-16-27(17-15-26)36-33(41)30-13-9-8-10-23(30)2/h5-21,24H,4,22H2,1-3H3,(H,35,40)(H,36,41)/t24-/m0/s1. The molecule has 0 aliphatic heterocycles. The molecule has 0 aliphatic carbocycles. The SMILES string of the molecule is CCOc1ccc(NC(=O)[C@H](C)Sc2nnc(-c3ccc(NC(=O)c4ccccc4C)cc3)n2Cc2ccccc2)cc1. The van der Waals surface area contributed by atoms with Gasteiger partial charge in [0.15, 0.2) is 11.0 Å². The van der Waals surface area contributed by atoms with Gasteiger partial charge < -0.3 is 15.4 Å². The molecule has 0 saturated carbocycles. The number of aromatic nitrogens is 3. The number of carbonyl (C=O) groups is 2. The lowest BCUT2D eigenvalue weighted by molar-refractivity contribution is -0.115. The minimum Gasteiger partial charge on any atom is -0.494 e. The van der Waals surface area contributed by atoms with Gasteiger partial charge in [0.1, 0.15) is 5.75 Å². The van der Waals surface area contributed by atoms with Crippen molar-refractivity contribution in [3.8, 4) is 17.1 Å². The minimum absolute atomic E-state index is 0.140. The molecule has 9 heteroatoms. The molecule has 5 aromatic rings. The van der Waals surface area contributed by atoms with Gasteiger partial charge in [-0.3, -0.25) is 14.2 Å². The Labute approximate surface area is 255 Å². The van der Waals surface area contributed by atoms with Gasteiger partial charge in [-0.25, -0.2) is 0 Å². The Kier molecular flexibility index (Phi) is 9.53. The molecule has 43 heavy (non-hydrogen) atoms. The Morgan fingerprint density at radius 2 is 1.49 bits per heavy atom. The first kappa shape index (κ1) is 29.6. The summed E-state index contributed by atoms with van der Waals surface area (Å²) in [4.78, 5) is 25.9. The van der Waals surface area contributed by atoms with Crippen LogP contribution in [0, 0.1) is 6.92 Å². The van der Waals surface area contributed by atoms with E-state index in [0.29, 0.717) is 41.1 Å². The molecule has 0 radical (unpaired) electrons. The molecule has 2 amide bonds. The Bertz CT molecular complexity index is 1690. The molecule has 0 spiro atoms. The molecule has 5 rings (SSSR count). The molecule has 0 aliphatic rings. The van der Waals surface area contributed by atoms with Gasteiger partial charge in [0.05, 0.1) is 18.4 Å². The van der Waals surface area contributed by atoms with Crippen molar-refractivity contribution in [2.75, 3.05) is 17.2 Å². The Morgan fingerprint density at radius 3 is 2.19 bits per heavy atom. The van der Waals surface area contributed by atoms with Gasteiger partial charge in [0.25, 0.3) is 5.91 Å². The fourth-order valence-electron chi connectivity index (χ4n) is 4.48. The summed E-state index contributed by atoms with van der Waals surface area (Å²) in [6.07, 6.45) is 0. The number of anilines is 2. The molecule has 0 unspecified atom stereocenters. The Hall–Kier alpha value is -4.89. The number of carbonyl (C=O) groups excluding carboxylic acids is 2. The first-order chi connectivity index (χ1) is 20.9. The number of aryl methyl sites for hydroxylation is 1. The van der Waals surface area contributed by atoms with Crippen molar-refractivity contribution in [3.05, 3.63) is 120 Å². The summed E-state index contributed by atoms with van der Waals surface area (Å²) in [5, 5.41) is 15.1. The minimum atomic E-state index is -0.433. The van der Waals surface area contributed by atoms with Crippen molar-refractivity contribution in [1.29, 1.82) is 0 Å². The van der Waals surface area contributed by atoms with Gasteiger partial charge in [0.2, 0.25) is 5.91 Å². The molecule has 4 aromatic carbocycles. The third kappa shape index (κ3) is 7.50. The second-order valence-corrected chi connectivity index (χ2v) is 11.2. The average molecular weight is 592 g/mol. The molecule has 0 saturated heterocycles. The van der Waals surface area contributed by atoms with Gasteiger partial charge in [-0.1, -0.05) is 60.3 Å². The first-order valence-corrected chi connectivity index (χ1v) is 14.9. The number of rotatable bonds is 11. The van der Waals surface area contributed by atoms with E-state index in [1.807, 2.05) is 128 Å². The zero-order valence-corrected chi connectivity index (χ0v) is 25.1. The second-order valence-electron chi connectivity index (χ2n) is 9.93. The van der Waals surface area contributed by atoms with E-state index in [1.54, 1.807) is 0 Å². The van der Waals surface area contributed by atoms with Crippen LogP contribution in [-0.2, 0) is 11.3 Å². The smallest absolute Gasteiger partial charge is 0.255 e. The van der Waals surface area contributed by atoms with Crippen LogP contribution in [0.3, 0.4) is 0 Å². The summed E-state index contributed by atoms with van der Waals surface area (Å²) in [5.41, 5.74) is 4.85. The van der Waals surface area contributed by atoms with Crippen molar-refractivity contribution >= 4 is 35.0 Å². The fourth-order valence-corrected chi connectivity index (χ4v) is 5.33. The van der Waals surface area contributed by atoms with Crippen LogP contribution in [0.5, 0.6) is 5.75 Å². The van der Waals surface area contributed by atoms with Crippen LogP contribution in [0.4, 0.5) is 11.4 Å². The van der Waals surface area contributed by atoms with Crippen molar-refractivity contribution in [1.82, 2.24) is 14.8 Å². The number of ether oxygens (including phenoxy) is 1. The van der Waals surface area contributed by atoms with Crippen LogP contribution < -0.4 is 15.4 Å². The molecule has 2 N–H and O–H groups in total. The van der Waals surface area contributed by atoms with Crippen LogP contribution in [0.15, 0.2) is 108 Å². The predicted molar refractivity (Wildman–Crippen MR) is 172 cm³/mol. The summed E-state index contributed by atoms with van der Waals surface area (Å²) in [7, 11) is 0. The van der Waals surface area contributed by atoms with Gasteiger partial charge in [0, 0.05) is 22.5 Å². The van der Waals surface area contributed by atoms with E-state index in [-0.39, 0.29) is 11.8 Å². The highest BCUT2D eigenvalue weighted by Gasteiger charge is 2.21. The normalized spacial score (nSPS) is 11.5. The number of hydrogen-bond acceptors (Lipinski definition) is 6. The molecule has 218 valence electrons. The number of thioether (sulfide) groups is 1. The molecule has 0 bridgehead atoms. The molecule has 8 nitrogen and oxygen atoms in total. The summed E-state index contributed by atoms with van der Waals surface area (Å²) in [5.74, 6) is 1.13. The van der Waals surface area contributed by atoms with E-state index in [2.05, 4.69) is 20.8 Å². The summed E-state index contributed by atoms with van der Waals surface area (Å²) in [6.45, 7) is 6.81. The van der Waals surface area contributed by atoms with Gasteiger partial charge >= 0.3 is 0 Å².